The van der Waals surface area contributed by atoms with Crippen LogP contribution in [0.15, 0.2) is 36.4 Å². The predicted octanol–water partition coefficient (Wildman–Crippen LogP) is 5.25. The Balaban J connectivity index is 1.96. The number of carbonyl (C=O) groups excluding carboxylic acids is 1. The number of nitrogens with zero attached hydrogens (tertiary/aromatic N) is 2. The van der Waals surface area contributed by atoms with Gasteiger partial charge in [-0.25, -0.2) is 27.6 Å². The molecule has 1 spiro atoms. The van der Waals surface area contributed by atoms with Gasteiger partial charge in [-0.3, -0.25) is 10.6 Å². The average molecular weight is 623 g/mol. The largest absolute Gasteiger partial charge is 0.465 e. The molecule has 0 saturated carbocycles. The molecule has 15 heteroatoms. The summed E-state index contributed by atoms with van der Waals surface area (Å²) in [4.78, 5) is 36.3. The van der Waals surface area contributed by atoms with E-state index < -0.39 is 75.7 Å². The third-order valence-electron chi connectivity index (χ3n) is 7.83. The molecule has 0 saturated heterocycles. The van der Waals surface area contributed by atoms with Crippen molar-refractivity contribution in [3.8, 4) is 12.1 Å². The van der Waals surface area contributed by atoms with Crippen LogP contribution in [0.3, 0.4) is 0 Å². The number of anilines is 2. The molecule has 3 aromatic carbocycles. The minimum absolute atomic E-state index is 0.00941. The van der Waals surface area contributed by atoms with Crippen molar-refractivity contribution in [1.82, 2.24) is 0 Å². The summed E-state index contributed by atoms with van der Waals surface area (Å²) in [5.74, 6) is -7.15. The van der Waals surface area contributed by atoms with Gasteiger partial charge in [0.25, 0.3) is 5.60 Å². The molecule has 0 fully saturated rings. The Hall–Kier alpha value is -5.64. The third kappa shape index (κ3) is 4.32. The Bertz CT molecular complexity index is 1830. The summed E-state index contributed by atoms with van der Waals surface area (Å²) in [7, 11) is 1.11. The lowest BCUT2D eigenvalue weighted by Crippen LogP contribution is -2.42. The molecular formula is C30H21F3N4O8. The highest BCUT2D eigenvalue weighted by Gasteiger charge is 2.60. The number of nitriles is 2. The Kier molecular flexibility index (Phi) is 7.20. The minimum atomic E-state index is -3.09. The Morgan fingerprint density at radius 2 is 1.42 bits per heavy atom. The number of nitrogens with one attached hydrogen (secondary N) is 2. The molecule has 2 amide bonds. The summed E-state index contributed by atoms with van der Waals surface area (Å²) in [5, 5.41) is 42.7. The lowest BCUT2D eigenvalue weighted by molar-refractivity contribution is -0.0862. The molecule has 2 aliphatic rings. The number of carbonyl (C=O) groups is 3. The first-order valence-electron chi connectivity index (χ1n) is 12.9. The van der Waals surface area contributed by atoms with Crippen molar-refractivity contribution in [2.45, 2.75) is 30.5 Å². The van der Waals surface area contributed by atoms with E-state index in [4.69, 9.17) is 14.2 Å². The van der Waals surface area contributed by atoms with Crippen molar-refractivity contribution >= 4 is 29.5 Å². The summed E-state index contributed by atoms with van der Waals surface area (Å²) in [6.07, 6.45) is -2.84. The standard InChI is InChI=1S/C30H21F3N4O8/c1-28(2)17-8-13(36-26(39)40)4-6-15(17)30(16-7-5-14(9-18(16)28)37-27(41)42)20-19(25(38)45-30)22(31)24(33)21(23(20)32)29(10-34,11-35)44-12-43-3/h4-9,36-37H,12H2,1-3H3,(H,39,40)(H,41,42). The highest BCUT2D eigenvalue weighted by molar-refractivity contribution is 5.98. The molecule has 0 aromatic heterocycles. The quantitative estimate of drug-likeness (QED) is 0.160. The highest BCUT2D eigenvalue weighted by atomic mass is 19.2. The van der Waals surface area contributed by atoms with E-state index in [2.05, 4.69) is 10.6 Å². The second-order valence-electron chi connectivity index (χ2n) is 10.6. The summed E-state index contributed by atoms with van der Waals surface area (Å²) < 4.78 is 64.0. The number of ether oxygens (including phenoxy) is 3. The number of rotatable bonds is 6. The van der Waals surface area contributed by atoms with E-state index in [1.54, 1.807) is 13.8 Å². The van der Waals surface area contributed by atoms with Crippen LogP contribution in [0, 0.1) is 40.1 Å². The zero-order valence-electron chi connectivity index (χ0n) is 23.5. The summed E-state index contributed by atoms with van der Waals surface area (Å²) >= 11 is 0. The van der Waals surface area contributed by atoms with Gasteiger partial charge in [-0.2, -0.15) is 10.5 Å². The number of methoxy groups -OCH3 is 1. The van der Waals surface area contributed by atoms with Crippen molar-refractivity contribution in [1.29, 1.82) is 10.5 Å². The molecule has 5 rings (SSSR count). The second-order valence-corrected chi connectivity index (χ2v) is 10.6. The predicted molar refractivity (Wildman–Crippen MR) is 146 cm³/mol. The average Bonchev–Trinajstić information content (AvgIpc) is 3.30. The first-order chi connectivity index (χ1) is 21.2. The molecule has 1 aliphatic carbocycles. The molecule has 4 N–H and O–H groups in total. The number of halogens is 3. The van der Waals surface area contributed by atoms with E-state index in [1.807, 2.05) is 0 Å². The maximum atomic E-state index is 17.0. The molecule has 0 radical (unpaired) electrons. The number of hydrogen-bond acceptors (Lipinski definition) is 8. The van der Waals surface area contributed by atoms with Crippen LogP contribution >= 0.6 is 0 Å². The van der Waals surface area contributed by atoms with E-state index in [-0.39, 0.29) is 33.6 Å². The van der Waals surface area contributed by atoms with E-state index >= 15 is 13.2 Å². The summed E-state index contributed by atoms with van der Waals surface area (Å²) in [6, 6.07) is 10.6. The van der Waals surface area contributed by atoms with Crippen molar-refractivity contribution < 1.29 is 52.0 Å². The molecule has 230 valence electrons. The van der Waals surface area contributed by atoms with Crippen LogP contribution in [0.5, 0.6) is 0 Å². The SMILES string of the molecule is COCOC(C#N)(C#N)c1c(F)c(F)c2c(c1F)C1(OC2=O)c2ccc(NC(=O)O)cc2C(C)(C)c2cc(NC(=O)O)ccc21. The maximum absolute atomic E-state index is 17.0. The molecule has 1 heterocycles. The highest BCUT2D eigenvalue weighted by Crippen LogP contribution is 2.59. The summed E-state index contributed by atoms with van der Waals surface area (Å²) in [5.41, 5.74) is -9.56. The molecule has 3 aromatic rings. The lowest BCUT2D eigenvalue weighted by Gasteiger charge is -2.45. The first-order valence-corrected chi connectivity index (χ1v) is 12.9. The van der Waals surface area contributed by atoms with E-state index in [9.17, 15) is 35.1 Å². The van der Waals surface area contributed by atoms with Crippen LogP contribution < -0.4 is 10.6 Å². The smallest absolute Gasteiger partial charge is 0.409 e. The number of esters is 1. The zero-order valence-corrected chi connectivity index (χ0v) is 23.5. The fraction of sp³-hybridized carbons (Fsp3) is 0.233. The van der Waals surface area contributed by atoms with E-state index in [1.165, 1.54) is 48.5 Å². The number of carboxylic acid groups (broad SMARTS) is 2. The Morgan fingerprint density at radius 3 is 1.87 bits per heavy atom. The normalized spacial score (nSPS) is 15.2. The topological polar surface area (TPSA) is 191 Å². The van der Waals surface area contributed by atoms with Crippen molar-refractivity contribution in [2.75, 3.05) is 24.5 Å². The van der Waals surface area contributed by atoms with Gasteiger partial charge < -0.3 is 24.4 Å². The lowest BCUT2D eigenvalue weighted by atomic mass is 9.61. The Morgan fingerprint density at radius 1 is 0.911 bits per heavy atom. The number of fused-ring (bicyclic) bond motifs is 6. The van der Waals surface area contributed by atoms with Gasteiger partial charge in [0.15, 0.2) is 17.2 Å². The van der Waals surface area contributed by atoms with E-state index in [0.29, 0.717) is 0 Å². The molecule has 0 atom stereocenters. The van der Waals surface area contributed by atoms with Gasteiger partial charge >= 0.3 is 18.2 Å². The van der Waals surface area contributed by atoms with Gasteiger partial charge in [0, 0.05) is 35.0 Å². The van der Waals surface area contributed by atoms with Crippen molar-refractivity contribution in [3.63, 3.8) is 0 Å². The first kappa shape index (κ1) is 30.8. The third-order valence-corrected chi connectivity index (χ3v) is 7.83. The zero-order chi connectivity index (χ0) is 33.1. The monoisotopic (exact) mass is 622 g/mol. The van der Waals surface area contributed by atoms with Crippen LogP contribution in [0.2, 0.25) is 0 Å². The molecule has 1 aliphatic heterocycles. The molecule has 0 unspecified atom stereocenters. The van der Waals surface area contributed by atoms with Crippen LogP contribution in [0.1, 0.15) is 57.6 Å². The minimum Gasteiger partial charge on any atom is -0.465 e. The van der Waals surface area contributed by atoms with E-state index in [0.717, 1.165) is 7.11 Å². The van der Waals surface area contributed by atoms with Gasteiger partial charge in [0.2, 0.25) is 0 Å². The van der Waals surface area contributed by atoms with Crippen LogP contribution in [-0.2, 0) is 30.8 Å². The van der Waals surface area contributed by atoms with Gasteiger partial charge in [0.1, 0.15) is 30.3 Å². The number of benzene rings is 3. The molecular weight excluding hydrogens is 601 g/mol. The van der Waals surface area contributed by atoms with Crippen LogP contribution in [0.25, 0.3) is 0 Å². The second kappa shape index (κ2) is 10.5. The van der Waals surface area contributed by atoms with Gasteiger partial charge in [-0.05, 0) is 35.4 Å². The maximum Gasteiger partial charge on any atom is 0.409 e. The van der Waals surface area contributed by atoms with Gasteiger partial charge in [0.05, 0.1) is 11.1 Å². The molecule has 0 bridgehead atoms. The Labute approximate surface area is 252 Å². The summed E-state index contributed by atoms with van der Waals surface area (Å²) in [6.45, 7) is 2.54. The number of amides is 2. The fourth-order valence-electron chi connectivity index (χ4n) is 5.96. The van der Waals surface area contributed by atoms with Gasteiger partial charge in [-0.1, -0.05) is 26.0 Å². The van der Waals surface area contributed by atoms with Crippen molar-refractivity contribution in [2.24, 2.45) is 0 Å². The molecule has 12 nitrogen and oxygen atoms in total. The van der Waals surface area contributed by atoms with Crippen LogP contribution in [-0.4, -0.2) is 42.3 Å². The van der Waals surface area contributed by atoms with Crippen molar-refractivity contribution in [3.05, 3.63) is 92.8 Å². The van der Waals surface area contributed by atoms with Crippen LogP contribution in [0.4, 0.5) is 34.1 Å². The van der Waals surface area contributed by atoms with Gasteiger partial charge in [-0.15, -0.1) is 0 Å². The molecule has 45 heavy (non-hydrogen) atoms. The fourth-order valence-corrected chi connectivity index (χ4v) is 5.96. The number of hydrogen-bond donors (Lipinski definition) is 4.